The second-order valence-electron chi connectivity index (χ2n) is 5.98. The highest BCUT2D eigenvalue weighted by Crippen LogP contribution is 2.26. The number of aryl methyl sites for hydroxylation is 1. The molecule has 0 fully saturated rings. The molecule has 0 saturated heterocycles. The molecule has 0 aliphatic carbocycles. The van der Waals surface area contributed by atoms with Crippen molar-refractivity contribution in [3.8, 4) is 5.75 Å². The Kier molecular flexibility index (Phi) is 5.66. The number of nitrogens with zero attached hydrogens (tertiary/aromatic N) is 3. The van der Waals surface area contributed by atoms with E-state index in [4.69, 9.17) is 4.74 Å². The zero-order valence-corrected chi connectivity index (χ0v) is 15.6. The lowest BCUT2D eigenvalue weighted by atomic mass is 10.2. The van der Waals surface area contributed by atoms with Crippen LogP contribution in [0.1, 0.15) is 23.0 Å². The van der Waals surface area contributed by atoms with E-state index in [1.807, 2.05) is 67.3 Å². The molecule has 27 heavy (non-hydrogen) atoms. The molecule has 0 aliphatic heterocycles. The third-order valence-corrected chi connectivity index (χ3v) is 4.10. The number of aromatic nitrogens is 2. The average molecular weight is 362 g/mol. The molecule has 1 amide bonds. The molecule has 2 aromatic carbocycles. The number of carbonyl (C=O) groups is 1. The van der Waals surface area contributed by atoms with Gasteiger partial charge in [0.15, 0.2) is 0 Å². The van der Waals surface area contributed by atoms with E-state index < -0.39 is 0 Å². The number of benzene rings is 2. The molecule has 0 radical (unpaired) electrons. The SMILES string of the molecule is CCN(c1ccccc1)c1nccc(C(=O)Nc2cc(C)ccc2OC)n1. The van der Waals surface area contributed by atoms with E-state index in [0.29, 0.717) is 23.9 Å². The molecular weight excluding hydrogens is 340 g/mol. The number of amides is 1. The monoisotopic (exact) mass is 362 g/mol. The van der Waals surface area contributed by atoms with Crippen molar-refractivity contribution in [3.63, 3.8) is 0 Å². The van der Waals surface area contributed by atoms with Crippen molar-refractivity contribution in [1.29, 1.82) is 0 Å². The maximum atomic E-state index is 12.7. The fourth-order valence-corrected chi connectivity index (χ4v) is 2.76. The van der Waals surface area contributed by atoms with Crippen LogP contribution >= 0.6 is 0 Å². The molecule has 0 atom stereocenters. The van der Waals surface area contributed by atoms with Crippen LogP contribution in [0.4, 0.5) is 17.3 Å². The number of anilines is 3. The number of rotatable bonds is 6. The van der Waals surface area contributed by atoms with Gasteiger partial charge in [-0.2, -0.15) is 0 Å². The molecule has 138 valence electrons. The number of hydrogen-bond acceptors (Lipinski definition) is 5. The Balaban J connectivity index is 1.87. The van der Waals surface area contributed by atoms with Crippen LogP contribution in [0, 0.1) is 6.92 Å². The molecule has 1 N–H and O–H groups in total. The van der Waals surface area contributed by atoms with Crippen molar-refractivity contribution >= 4 is 23.2 Å². The molecule has 0 saturated carbocycles. The molecule has 6 heteroatoms. The summed E-state index contributed by atoms with van der Waals surface area (Å²) in [7, 11) is 1.57. The first kappa shape index (κ1) is 18.4. The van der Waals surface area contributed by atoms with Crippen LogP contribution in [0.3, 0.4) is 0 Å². The first-order valence-electron chi connectivity index (χ1n) is 8.74. The van der Waals surface area contributed by atoms with E-state index in [1.165, 1.54) is 0 Å². The van der Waals surface area contributed by atoms with Gasteiger partial charge < -0.3 is 15.0 Å². The summed E-state index contributed by atoms with van der Waals surface area (Å²) in [5.41, 5.74) is 2.89. The average Bonchev–Trinajstić information content (AvgIpc) is 2.70. The zero-order valence-electron chi connectivity index (χ0n) is 15.6. The van der Waals surface area contributed by atoms with Crippen LogP contribution in [-0.2, 0) is 0 Å². The minimum atomic E-state index is -0.313. The van der Waals surface area contributed by atoms with E-state index >= 15 is 0 Å². The maximum absolute atomic E-state index is 12.7. The predicted octanol–water partition coefficient (Wildman–Crippen LogP) is 4.20. The van der Waals surface area contributed by atoms with Gasteiger partial charge in [-0.1, -0.05) is 24.3 Å². The third-order valence-electron chi connectivity index (χ3n) is 4.10. The molecule has 0 bridgehead atoms. The highest BCUT2D eigenvalue weighted by Gasteiger charge is 2.15. The lowest BCUT2D eigenvalue weighted by molar-refractivity contribution is 0.102. The van der Waals surface area contributed by atoms with Crippen LogP contribution in [0.2, 0.25) is 0 Å². The number of methoxy groups -OCH3 is 1. The van der Waals surface area contributed by atoms with Crippen molar-refractivity contribution in [2.75, 3.05) is 23.9 Å². The molecule has 0 unspecified atom stereocenters. The van der Waals surface area contributed by atoms with Crippen LogP contribution in [0.5, 0.6) is 5.75 Å². The van der Waals surface area contributed by atoms with Crippen molar-refractivity contribution in [1.82, 2.24) is 9.97 Å². The van der Waals surface area contributed by atoms with Crippen LogP contribution in [0.15, 0.2) is 60.8 Å². The summed E-state index contributed by atoms with van der Waals surface area (Å²) in [4.78, 5) is 23.5. The number of carbonyl (C=O) groups excluding carboxylic acids is 1. The smallest absolute Gasteiger partial charge is 0.274 e. The van der Waals surface area contributed by atoms with Gasteiger partial charge in [0.1, 0.15) is 11.4 Å². The topological polar surface area (TPSA) is 67.4 Å². The van der Waals surface area contributed by atoms with Gasteiger partial charge in [-0.25, -0.2) is 9.97 Å². The fourth-order valence-electron chi connectivity index (χ4n) is 2.76. The normalized spacial score (nSPS) is 10.3. The van der Waals surface area contributed by atoms with E-state index in [-0.39, 0.29) is 11.6 Å². The second-order valence-corrected chi connectivity index (χ2v) is 5.98. The van der Waals surface area contributed by atoms with Crippen molar-refractivity contribution in [2.24, 2.45) is 0 Å². The molecule has 3 aromatic rings. The lowest BCUT2D eigenvalue weighted by Gasteiger charge is -2.21. The minimum absolute atomic E-state index is 0.290. The van der Waals surface area contributed by atoms with Crippen molar-refractivity contribution in [3.05, 3.63) is 72.1 Å². The summed E-state index contributed by atoms with van der Waals surface area (Å²) in [5.74, 6) is 0.766. The first-order valence-corrected chi connectivity index (χ1v) is 8.74. The Morgan fingerprint density at radius 1 is 1.15 bits per heavy atom. The van der Waals surface area contributed by atoms with Crippen LogP contribution in [0.25, 0.3) is 0 Å². The summed E-state index contributed by atoms with van der Waals surface area (Å²) >= 11 is 0. The lowest BCUT2D eigenvalue weighted by Crippen LogP contribution is -2.21. The minimum Gasteiger partial charge on any atom is -0.495 e. The summed E-state index contributed by atoms with van der Waals surface area (Å²) in [6.07, 6.45) is 1.59. The molecule has 0 spiro atoms. The Labute approximate surface area is 158 Å². The van der Waals surface area contributed by atoms with Gasteiger partial charge in [-0.05, 0) is 49.7 Å². The Morgan fingerprint density at radius 2 is 1.93 bits per heavy atom. The summed E-state index contributed by atoms with van der Waals surface area (Å²) < 4.78 is 5.32. The number of nitrogens with one attached hydrogen (secondary N) is 1. The van der Waals surface area contributed by atoms with Gasteiger partial charge in [0.05, 0.1) is 12.8 Å². The number of para-hydroxylation sites is 1. The standard InChI is InChI=1S/C21H22N4O2/c1-4-25(16-8-6-5-7-9-16)21-22-13-12-17(24-21)20(26)23-18-14-15(2)10-11-19(18)27-3/h5-14H,4H2,1-3H3,(H,23,26). The summed E-state index contributed by atoms with van der Waals surface area (Å²) in [6, 6.07) is 17.0. The Bertz CT molecular complexity index is 928. The maximum Gasteiger partial charge on any atom is 0.274 e. The van der Waals surface area contributed by atoms with Gasteiger partial charge in [-0.3, -0.25) is 4.79 Å². The van der Waals surface area contributed by atoms with Crippen LogP contribution in [-0.4, -0.2) is 29.5 Å². The van der Waals surface area contributed by atoms with E-state index in [9.17, 15) is 4.79 Å². The van der Waals surface area contributed by atoms with Crippen LogP contribution < -0.4 is 15.0 Å². The van der Waals surface area contributed by atoms with Gasteiger partial charge in [-0.15, -0.1) is 0 Å². The third kappa shape index (κ3) is 4.23. The van der Waals surface area contributed by atoms with E-state index in [0.717, 1.165) is 11.3 Å². The van der Waals surface area contributed by atoms with Crippen molar-refractivity contribution in [2.45, 2.75) is 13.8 Å². The van der Waals surface area contributed by atoms with Gasteiger partial charge in [0.2, 0.25) is 5.95 Å². The van der Waals surface area contributed by atoms with E-state index in [1.54, 1.807) is 19.4 Å². The number of ether oxygens (including phenoxy) is 1. The fraction of sp³-hybridized carbons (Fsp3) is 0.190. The molecular formula is C21H22N4O2. The molecule has 6 nitrogen and oxygen atoms in total. The largest absolute Gasteiger partial charge is 0.495 e. The van der Waals surface area contributed by atoms with Gasteiger partial charge >= 0.3 is 0 Å². The van der Waals surface area contributed by atoms with Crippen molar-refractivity contribution < 1.29 is 9.53 Å². The van der Waals surface area contributed by atoms with Gasteiger partial charge in [0.25, 0.3) is 5.91 Å². The van der Waals surface area contributed by atoms with E-state index in [2.05, 4.69) is 15.3 Å². The Hall–Kier alpha value is -3.41. The first-order chi connectivity index (χ1) is 13.1. The quantitative estimate of drug-likeness (QED) is 0.712. The Morgan fingerprint density at radius 3 is 2.63 bits per heavy atom. The summed E-state index contributed by atoms with van der Waals surface area (Å²) in [5, 5.41) is 2.87. The highest BCUT2D eigenvalue weighted by molar-refractivity contribution is 6.03. The molecule has 1 aromatic heterocycles. The molecule has 1 heterocycles. The highest BCUT2D eigenvalue weighted by atomic mass is 16.5. The molecule has 3 rings (SSSR count). The summed E-state index contributed by atoms with van der Waals surface area (Å²) in [6.45, 7) is 4.65. The number of hydrogen-bond donors (Lipinski definition) is 1. The second kappa shape index (κ2) is 8.31. The predicted molar refractivity (Wildman–Crippen MR) is 107 cm³/mol. The molecule has 0 aliphatic rings. The zero-order chi connectivity index (χ0) is 19.2. The van der Waals surface area contributed by atoms with Gasteiger partial charge in [0, 0.05) is 18.4 Å².